The van der Waals surface area contributed by atoms with E-state index < -0.39 is 10.1 Å². The number of H-pyrrole nitrogens is 1. The first kappa shape index (κ1) is 19.1. The molecule has 9 heteroatoms. The first-order valence-corrected chi connectivity index (χ1v) is 9.68. The molecular formula is C18H17ClN2O5S. The second-order valence-corrected chi connectivity index (χ2v) is 7.62. The zero-order valence-electron chi connectivity index (χ0n) is 14.5. The number of carbonyl (C=O) groups excluding carboxylic acids is 1. The molecule has 0 saturated heterocycles. The van der Waals surface area contributed by atoms with Crippen LogP contribution in [0.2, 0.25) is 0 Å². The Morgan fingerprint density at radius 2 is 1.89 bits per heavy atom. The highest BCUT2D eigenvalue weighted by Crippen LogP contribution is 2.43. The maximum atomic E-state index is 12.4. The van der Waals surface area contributed by atoms with Gasteiger partial charge in [0.1, 0.15) is 0 Å². The van der Waals surface area contributed by atoms with E-state index in [-0.39, 0.29) is 36.4 Å². The van der Waals surface area contributed by atoms with Crippen molar-refractivity contribution in [2.24, 2.45) is 0 Å². The second kappa shape index (κ2) is 6.79. The highest BCUT2D eigenvalue weighted by Gasteiger charge is 2.31. The summed E-state index contributed by atoms with van der Waals surface area (Å²) in [4.78, 5) is 15.7. The van der Waals surface area contributed by atoms with Gasteiger partial charge in [-0.15, -0.1) is 12.4 Å². The van der Waals surface area contributed by atoms with Gasteiger partial charge in [-0.25, -0.2) is 0 Å². The number of hydrogen-bond donors (Lipinski definition) is 2. The molecule has 1 aromatic heterocycles. The molecule has 0 spiro atoms. The number of aromatic nitrogens is 1. The molecule has 27 heavy (non-hydrogen) atoms. The minimum Gasteiger partial charge on any atom is -0.493 e. The summed E-state index contributed by atoms with van der Waals surface area (Å²) in [6.07, 6.45) is 0.953. The molecule has 0 atom stereocenters. The smallest absolute Gasteiger partial charge is 0.306 e. The molecule has 1 amide bonds. The fraction of sp³-hybridized carbons (Fsp3) is 0.167. The maximum Gasteiger partial charge on any atom is 0.306 e. The largest absolute Gasteiger partial charge is 0.493 e. The Hall–Kier alpha value is -2.71. The van der Waals surface area contributed by atoms with E-state index in [4.69, 9.17) is 8.92 Å². The van der Waals surface area contributed by atoms with Gasteiger partial charge in [-0.2, -0.15) is 8.42 Å². The lowest BCUT2D eigenvalue weighted by molar-refractivity contribution is 0.0966. The lowest BCUT2D eigenvalue weighted by Crippen LogP contribution is -2.13. The number of methoxy groups -OCH3 is 1. The van der Waals surface area contributed by atoms with Gasteiger partial charge in [-0.05, 0) is 18.2 Å². The van der Waals surface area contributed by atoms with E-state index in [1.807, 2.05) is 30.3 Å². The molecule has 0 radical (unpaired) electrons. The average Bonchev–Trinajstić information content (AvgIpc) is 3.18. The van der Waals surface area contributed by atoms with Gasteiger partial charge in [0.05, 0.1) is 18.9 Å². The van der Waals surface area contributed by atoms with Gasteiger partial charge in [-0.1, -0.05) is 18.2 Å². The Balaban J connectivity index is 0.00000210. The number of nitrogens with one attached hydrogen (secondary N) is 2. The third kappa shape index (κ3) is 3.33. The van der Waals surface area contributed by atoms with Gasteiger partial charge >= 0.3 is 10.1 Å². The third-order valence-corrected chi connectivity index (χ3v) is 4.74. The molecule has 2 aromatic carbocycles. The van der Waals surface area contributed by atoms with Crippen LogP contribution in [0.3, 0.4) is 0 Å². The maximum absolute atomic E-state index is 12.4. The van der Waals surface area contributed by atoms with Crippen molar-refractivity contribution < 1.29 is 22.1 Å². The predicted octanol–water partition coefficient (Wildman–Crippen LogP) is 2.85. The molecule has 3 aromatic rings. The number of carbonyl (C=O) groups is 1. The molecule has 2 heterocycles. The fourth-order valence-electron chi connectivity index (χ4n) is 3.20. The summed E-state index contributed by atoms with van der Waals surface area (Å²) in [6, 6.07) is 11.3. The molecular weight excluding hydrogens is 392 g/mol. The second-order valence-electron chi connectivity index (χ2n) is 6.05. The van der Waals surface area contributed by atoms with Gasteiger partial charge in [0.15, 0.2) is 11.5 Å². The number of rotatable bonds is 4. The molecule has 7 nitrogen and oxygen atoms in total. The van der Waals surface area contributed by atoms with Crippen molar-refractivity contribution in [2.45, 2.75) is 6.54 Å². The summed E-state index contributed by atoms with van der Waals surface area (Å²) >= 11 is 0. The van der Waals surface area contributed by atoms with Gasteiger partial charge in [0.2, 0.25) is 0 Å². The van der Waals surface area contributed by atoms with Crippen LogP contribution in [0.5, 0.6) is 11.5 Å². The Kier molecular flexibility index (Phi) is 4.79. The van der Waals surface area contributed by atoms with Crippen molar-refractivity contribution in [3.63, 3.8) is 0 Å². The van der Waals surface area contributed by atoms with E-state index in [1.54, 1.807) is 6.07 Å². The Bertz CT molecular complexity index is 1120. The van der Waals surface area contributed by atoms with Crippen LogP contribution < -0.4 is 14.2 Å². The van der Waals surface area contributed by atoms with E-state index in [2.05, 4.69) is 10.3 Å². The molecule has 0 saturated carbocycles. The first-order chi connectivity index (χ1) is 12.4. The quantitative estimate of drug-likeness (QED) is 0.647. The lowest BCUT2D eigenvalue weighted by Gasteiger charge is -2.15. The molecule has 2 N–H and O–H groups in total. The van der Waals surface area contributed by atoms with E-state index >= 15 is 0 Å². The Labute approximate surface area is 162 Å². The zero-order chi connectivity index (χ0) is 18.5. The van der Waals surface area contributed by atoms with Crippen molar-refractivity contribution in [1.82, 2.24) is 10.3 Å². The highest BCUT2D eigenvalue weighted by molar-refractivity contribution is 7.86. The van der Waals surface area contributed by atoms with E-state index in [0.29, 0.717) is 16.7 Å². The summed E-state index contributed by atoms with van der Waals surface area (Å²) < 4.78 is 33.7. The molecule has 4 rings (SSSR count). The van der Waals surface area contributed by atoms with Crippen LogP contribution in [0.25, 0.3) is 22.2 Å². The van der Waals surface area contributed by atoms with Crippen LogP contribution in [0.15, 0.2) is 36.4 Å². The van der Waals surface area contributed by atoms with Gasteiger partial charge in [0.25, 0.3) is 5.91 Å². The summed E-state index contributed by atoms with van der Waals surface area (Å²) in [7, 11) is -2.35. The van der Waals surface area contributed by atoms with Crippen molar-refractivity contribution in [3.05, 3.63) is 47.5 Å². The van der Waals surface area contributed by atoms with Crippen molar-refractivity contribution in [1.29, 1.82) is 0 Å². The molecule has 1 aliphatic rings. The number of para-hydroxylation sites is 1. The Morgan fingerprint density at radius 1 is 1.15 bits per heavy atom. The minimum atomic E-state index is -3.77. The lowest BCUT2D eigenvalue weighted by atomic mass is 9.98. The van der Waals surface area contributed by atoms with Crippen molar-refractivity contribution in [3.8, 4) is 22.8 Å². The molecule has 142 valence electrons. The van der Waals surface area contributed by atoms with Crippen molar-refractivity contribution >= 4 is 39.3 Å². The number of halogens is 1. The normalized spacial score (nSPS) is 13.0. The van der Waals surface area contributed by atoms with Crippen LogP contribution in [-0.4, -0.2) is 32.7 Å². The summed E-state index contributed by atoms with van der Waals surface area (Å²) in [5.41, 5.74) is 3.15. The summed E-state index contributed by atoms with van der Waals surface area (Å²) in [5.74, 6) is 0.0113. The predicted molar refractivity (Wildman–Crippen MR) is 104 cm³/mol. The van der Waals surface area contributed by atoms with Crippen molar-refractivity contribution in [2.75, 3.05) is 13.4 Å². The van der Waals surface area contributed by atoms with E-state index in [1.165, 1.54) is 7.11 Å². The van der Waals surface area contributed by atoms with Crippen LogP contribution in [0.4, 0.5) is 0 Å². The topological polar surface area (TPSA) is 97.5 Å². The Morgan fingerprint density at radius 3 is 2.56 bits per heavy atom. The molecule has 1 aliphatic heterocycles. The number of benzene rings is 2. The van der Waals surface area contributed by atoms with Crippen LogP contribution in [-0.2, 0) is 16.7 Å². The van der Waals surface area contributed by atoms with Gasteiger partial charge in [0, 0.05) is 34.3 Å². The van der Waals surface area contributed by atoms with Crippen LogP contribution in [0.1, 0.15) is 15.9 Å². The first-order valence-electron chi connectivity index (χ1n) is 7.87. The van der Waals surface area contributed by atoms with Crippen LogP contribution in [0, 0.1) is 0 Å². The minimum absolute atomic E-state index is 0. The monoisotopic (exact) mass is 408 g/mol. The highest BCUT2D eigenvalue weighted by atomic mass is 35.5. The zero-order valence-corrected chi connectivity index (χ0v) is 16.2. The number of hydrogen-bond acceptors (Lipinski definition) is 5. The van der Waals surface area contributed by atoms with E-state index in [0.717, 1.165) is 22.9 Å². The van der Waals surface area contributed by atoms with Gasteiger partial charge < -0.3 is 19.2 Å². The molecule has 0 aliphatic carbocycles. The number of fused-ring (bicyclic) bond motifs is 2. The standard InChI is InChI=1S/C18H16N2O5S.ClH/c1-24-15-8-11(14-7-10-5-3-4-6-13(10)20-14)16-12(9-19-18(16)21)17(15)25-26(2,22)23;/h3-8,20H,9H2,1-2H3,(H,19,21);1H. The summed E-state index contributed by atoms with van der Waals surface area (Å²) in [6.45, 7) is 0.170. The van der Waals surface area contributed by atoms with Crippen LogP contribution >= 0.6 is 12.4 Å². The number of ether oxygens (including phenoxy) is 1. The number of amides is 1. The average molecular weight is 409 g/mol. The molecule has 0 unspecified atom stereocenters. The fourth-order valence-corrected chi connectivity index (χ4v) is 3.69. The molecule has 0 fully saturated rings. The van der Waals surface area contributed by atoms with Gasteiger partial charge in [-0.3, -0.25) is 4.79 Å². The molecule has 0 bridgehead atoms. The van der Waals surface area contributed by atoms with E-state index in [9.17, 15) is 13.2 Å². The summed E-state index contributed by atoms with van der Waals surface area (Å²) in [5, 5.41) is 3.73. The SMILES string of the molecule is COc1cc(-c2cc3ccccc3[nH]2)c2c(c1OS(C)(=O)=O)CNC2=O.Cl. The number of aromatic amines is 1. The third-order valence-electron chi connectivity index (χ3n) is 4.27.